The van der Waals surface area contributed by atoms with Crippen LogP contribution in [0, 0.1) is 0 Å². The molecule has 3 N–H and O–H groups in total. The first-order chi connectivity index (χ1) is 9.40. The molecule has 0 bridgehead atoms. The van der Waals surface area contributed by atoms with Crippen molar-refractivity contribution in [2.75, 3.05) is 25.1 Å². The van der Waals surface area contributed by atoms with E-state index in [9.17, 15) is 13.2 Å². The molecule has 0 spiro atoms. The van der Waals surface area contributed by atoms with E-state index in [4.69, 9.17) is 10.8 Å². The molecule has 0 fully saturated rings. The first kappa shape index (κ1) is 16.7. The summed E-state index contributed by atoms with van der Waals surface area (Å²) in [5.41, 5.74) is 5.22. The third-order valence-electron chi connectivity index (χ3n) is 2.98. The van der Waals surface area contributed by atoms with E-state index in [1.54, 1.807) is 11.9 Å². The van der Waals surface area contributed by atoms with Gasteiger partial charge in [0.05, 0.1) is 0 Å². The molecule has 0 aromatic carbocycles. The highest BCUT2D eigenvalue weighted by Gasteiger charge is 2.33. The van der Waals surface area contributed by atoms with Crippen molar-refractivity contribution in [1.82, 2.24) is 4.98 Å². The summed E-state index contributed by atoms with van der Waals surface area (Å²) in [5.74, 6) is 0.270. The quantitative estimate of drug-likeness (QED) is 0.756. The fourth-order valence-corrected chi connectivity index (χ4v) is 1.87. The van der Waals surface area contributed by atoms with Crippen molar-refractivity contribution < 1.29 is 18.3 Å². The van der Waals surface area contributed by atoms with Crippen LogP contribution in [0.3, 0.4) is 0 Å². The van der Waals surface area contributed by atoms with E-state index in [1.165, 1.54) is 6.07 Å². The first-order valence-electron chi connectivity index (χ1n) is 6.49. The van der Waals surface area contributed by atoms with Gasteiger partial charge in [0.15, 0.2) is 0 Å². The molecule has 0 aliphatic heterocycles. The summed E-state index contributed by atoms with van der Waals surface area (Å²) in [6, 6.07) is 2.32. The number of unbranched alkanes of at least 4 members (excludes halogenated alkanes) is 2. The molecule has 1 aromatic rings. The van der Waals surface area contributed by atoms with Crippen LogP contribution in [-0.2, 0) is 12.7 Å². The molecular formula is C13H20F3N3O. The van der Waals surface area contributed by atoms with Crippen molar-refractivity contribution in [3.8, 4) is 0 Å². The molecule has 0 saturated carbocycles. The molecule has 0 radical (unpaired) electrons. The Morgan fingerprint density at radius 3 is 2.50 bits per heavy atom. The van der Waals surface area contributed by atoms with Crippen LogP contribution in [0.15, 0.2) is 12.1 Å². The molecule has 0 aliphatic carbocycles. The number of hydrogen-bond acceptors (Lipinski definition) is 4. The Kier molecular flexibility index (Phi) is 6.22. The molecule has 1 aromatic heterocycles. The number of rotatable bonds is 7. The summed E-state index contributed by atoms with van der Waals surface area (Å²) in [6.45, 7) is 0.836. The van der Waals surface area contributed by atoms with Crippen LogP contribution in [0.4, 0.5) is 19.0 Å². The van der Waals surface area contributed by atoms with Crippen LogP contribution >= 0.6 is 0 Å². The monoisotopic (exact) mass is 291 g/mol. The summed E-state index contributed by atoms with van der Waals surface area (Å²) >= 11 is 0. The van der Waals surface area contributed by atoms with Gasteiger partial charge in [-0.25, -0.2) is 4.98 Å². The second kappa shape index (κ2) is 7.44. The summed E-state index contributed by atoms with van der Waals surface area (Å²) in [7, 11) is 1.70. The van der Waals surface area contributed by atoms with Crippen molar-refractivity contribution in [2.24, 2.45) is 5.73 Å². The van der Waals surface area contributed by atoms with Crippen LogP contribution in [0.1, 0.15) is 30.5 Å². The summed E-state index contributed by atoms with van der Waals surface area (Å²) in [6.07, 6.45) is -2.18. The predicted molar refractivity (Wildman–Crippen MR) is 71.3 cm³/mol. The zero-order valence-corrected chi connectivity index (χ0v) is 11.5. The molecule has 0 unspecified atom stereocenters. The maximum atomic E-state index is 12.7. The van der Waals surface area contributed by atoms with Crippen molar-refractivity contribution in [1.29, 1.82) is 0 Å². The average Bonchev–Trinajstić information content (AvgIpc) is 2.41. The topological polar surface area (TPSA) is 62.4 Å². The van der Waals surface area contributed by atoms with Crippen LogP contribution in [0.25, 0.3) is 0 Å². The van der Waals surface area contributed by atoms with Crippen molar-refractivity contribution in [3.63, 3.8) is 0 Å². The van der Waals surface area contributed by atoms with Gasteiger partial charge in [0.2, 0.25) is 0 Å². The second-order valence-corrected chi connectivity index (χ2v) is 4.59. The predicted octanol–water partition coefficient (Wildman–Crippen LogP) is 2.16. The zero-order valence-electron chi connectivity index (χ0n) is 11.5. The van der Waals surface area contributed by atoms with E-state index in [0.717, 1.165) is 18.9 Å². The minimum atomic E-state index is -4.46. The van der Waals surface area contributed by atoms with E-state index in [2.05, 4.69) is 4.98 Å². The molecular weight excluding hydrogens is 271 g/mol. The zero-order chi connectivity index (χ0) is 15.2. The lowest BCUT2D eigenvalue weighted by Gasteiger charge is -2.22. The number of halogens is 3. The van der Waals surface area contributed by atoms with E-state index in [1.807, 2.05) is 0 Å². The number of pyridine rings is 1. The van der Waals surface area contributed by atoms with Gasteiger partial charge < -0.3 is 15.7 Å². The third kappa shape index (κ3) is 4.64. The molecule has 114 valence electrons. The Bertz CT molecular complexity index is 424. The lowest BCUT2D eigenvalue weighted by molar-refractivity contribution is -0.141. The van der Waals surface area contributed by atoms with Crippen LogP contribution in [0.5, 0.6) is 0 Å². The Hall–Kier alpha value is -1.34. The van der Waals surface area contributed by atoms with E-state index in [0.29, 0.717) is 18.5 Å². The van der Waals surface area contributed by atoms with Gasteiger partial charge in [-0.05, 0) is 25.3 Å². The van der Waals surface area contributed by atoms with Gasteiger partial charge in [0.1, 0.15) is 11.5 Å². The van der Waals surface area contributed by atoms with Gasteiger partial charge in [-0.3, -0.25) is 0 Å². The Balaban J connectivity index is 2.84. The number of aliphatic hydroxyl groups excluding tert-OH is 1. The average molecular weight is 291 g/mol. The lowest BCUT2D eigenvalue weighted by atomic mass is 10.2. The SMILES string of the molecule is CN(CCCCCO)c1nc(C(F)(F)F)ccc1CN. The Labute approximate surface area is 116 Å². The molecule has 0 saturated heterocycles. The Morgan fingerprint density at radius 1 is 1.25 bits per heavy atom. The highest BCUT2D eigenvalue weighted by molar-refractivity contribution is 5.47. The minimum absolute atomic E-state index is 0.125. The molecule has 4 nitrogen and oxygen atoms in total. The number of aliphatic hydroxyl groups is 1. The highest BCUT2D eigenvalue weighted by Crippen LogP contribution is 2.30. The van der Waals surface area contributed by atoms with Gasteiger partial charge >= 0.3 is 6.18 Å². The molecule has 0 aliphatic rings. The van der Waals surface area contributed by atoms with Crippen LogP contribution < -0.4 is 10.6 Å². The summed E-state index contributed by atoms with van der Waals surface area (Å²) < 4.78 is 38.0. The third-order valence-corrected chi connectivity index (χ3v) is 2.98. The fourth-order valence-electron chi connectivity index (χ4n) is 1.87. The van der Waals surface area contributed by atoms with E-state index >= 15 is 0 Å². The maximum absolute atomic E-state index is 12.7. The molecule has 0 atom stereocenters. The molecule has 7 heteroatoms. The maximum Gasteiger partial charge on any atom is 0.433 e. The fraction of sp³-hybridized carbons (Fsp3) is 0.615. The summed E-state index contributed by atoms with van der Waals surface area (Å²) in [5, 5.41) is 8.69. The number of aromatic nitrogens is 1. The van der Waals surface area contributed by atoms with Crippen molar-refractivity contribution in [2.45, 2.75) is 32.0 Å². The largest absolute Gasteiger partial charge is 0.433 e. The van der Waals surface area contributed by atoms with Gasteiger partial charge in [0.25, 0.3) is 0 Å². The van der Waals surface area contributed by atoms with Gasteiger partial charge in [0, 0.05) is 32.3 Å². The van der Waals surface area contributed by atoms with E-state index in [-0.39, 0.29) is 19.0 Å². The van der Waals surface area contributed by atoms with Gasteiger partial charge in [-0.1, -0.05) is 6.07 Å². The smallest absolute Gasteiger partial charge is 0.396 e. The van der Waals surface area contributed by atoms with Gasteiger partial charge in [-0.15, -0.1) is 0 Å². The van der Waals surface area contributed by atoms with Crippen molar-refractivity contribution >= 4 is 5.82 Å². The highest BCUT2D eigenvalue weighted by atomic mass is 19.4. The van der Waals surface area contributed by atoms with Gasteiger partial charge in [-0.2, -0.15) is 13.2 Å². The minimum Gasteiger partial charge on any atom is -0.396 e. The standard InChI is InChI=1S/C13H20F3N3O/c1-19(7-3-2-4-8-20)12-10(9-17)5-6-11(18-12)13(14,15)16/h5-6,20H,2-4,7-9,17H2,1H3. The van der Waals surface area contributed by atoms with Crippen LogP contribution in [0.2, 0.25) is 0 Å². The molecule has 1 rings (SSSR count). The number of nitrogens with two attached hydrogens (primary N) is 1. The van der Waals surface area contributed by atoms with Crippen LogP contribution in [-0.4, -0.2) is 30.3 Å². The van der Waals surface area contributed by atoms with E-state index < -0.39 is 11.9 Å². The summed E-state index contributed by atoms with van der Waals surface area (Å²) in [4.78, 5) is 5.36. The van der Waals surface area contributed by atoms with Crippen molar-refractivity contribution in [3.05, 3.63) is 23.4 Å². The second-order valence-electron chi connectivity index (χ2n) is 4.59. The molecule has 0 amide bonds. The number of alkyl halides is 3. The Morgan fingerprint density at radius 2 is 1.95 bits per heavy atom. The number of hydrogen-bond donors (Lipinski definition) is 2. The molecule has 20 heavy (non-hydrogen) atoms. The lowest BCUT2D eigenvalue weighted by Crippen LogP contribution is -2.23. The molecule has 1 heterocycles. The number of anilines is 1. The number of nitrogens with zero attached hydrogens (tertiary/aromatic N) is 2. The normalized spacial score (nSPS) is 11.7. The first-order valence-corrected chi connectivity index (χ1v) is 6.49.